The fourth-order valence-corrected chi connectivity index (χ4v) is 4.14. The highest BCUT2D eigenvalue weighted by atomic mass is 32.1. The Labute approximate surface area is 116 Å². The van der Waals surface area contributed by atoms with Crippen molar-refractivity contribution in [3.63, 3.8) is 0 Å². The number of benzene rings is 1. The Kier molecular flexibility index (Phi) is 2.60. The number of aryl methyl sites for hydroxylation is 1. The van der Waals surface area contributed by atoms with Crippen molar-refractivity contribution in [2.45, 2.75) is 37.8 Å². The highest BCUT2D eigenvalue weighted by Gasteiger charge is 2.30. The van der Waals surface area contributed by atoms with Gasteiger partial charge in [-0.25, -0.2) is 4.98 Å². The average molecular weight is 272 g/mol. The van der Waals surface area contributed by atoms with Crippen molar-refractivity contribution < 1.29 is 4.74 Å². The van der Waals surface area contributed by atoms with Crippen LogP contribution in [0.4, 0.5) is 0 Å². The summed E-state index contributed by atoms with van der Waals surface area (Å²) in [5.41, 5.74) is 8.54. The maximum atomic E-state index is 6.15. The van der Waals surface area contributed by atoms with Gasteiger partial charge < -0.3 is 10.5 Å². The summed E-state index contributed by atoms with van der Waals surface area (Å²) in [7, 11) is 0. The van der Waals surface area contributed by atoms with E-state index in [-0.39, 0.29) is 12.1 Å². The zero-order valence-corrected chi connectivity index (χ0v) is 11.5. The zero-order chi connectivity index (χ0) is 12.8. The molecule has 2 heterocycles. The molecule has 2 aliphatic rings. The van der Waals surface area contributed by atoms with Crippen LogP contribution in [0.25, 0.3) is 0 Å². The quantitative estimate of drug-likeness (QED) is 0.867. The van der Waals surface area contributed by atoms with Gasteiger partial charge in [0.05, 0.1) is 5.69 Å². The van der Waals surface area contributed by atoms with Crippen LogP contribution in [0.5, 0.6) is 5.75 Å². The number of ether oxygens (including phenoxy) is 1. The van der Waals surface area contributed by atoms with E-state index >= 15 is 0 Å². The molecular formula is C15H16N2OS. The molecule has 1 aromatic carbocycles. The Bertz CT molecular complexity index is 597. The van der Waals surface area contributed by atoms with E-state index in [1.165, 1.54) is 16.9 Å². The van der Waals surface area contributed by atoms with Crippen molar-refractivity contribution >= 4 is 11.3 Å². The van der Waals surface area contributed by atoms with Crippen molar-refractivity contribution in [3.8, 4) is 5.75 Å². The number of nitrogens with zero attached hydrogens (tertiary/aromatic N) is 1. The van der Waals surface area contributed by atoms with Crippen LogP contribution < -0.4 is 10.5 Å². The van der Waals surface area contributed by atoms with Crippen molar-refractivity contribution in [1.29, 1.82) is 0 Å². The van der Waals surface area contributed by atoms with Gasteiger partial charge in [0.25, 0.3) is 0 Å². The first-order valence-electron chi connectivity index (χ1n) is 6.81. The molecule has 1 aliphatic carbocycles. The lowest BCUT2D eigenvalue weighted by atomic mass is 9.99. The summed E-state index contributed by atoms with van der Waals surface area (Å²) in [6.07, 6.45) is 4.38. The number of thiazole rings is 1. The van der Waals surface area contributed by atoms with Gasteiger partial charge in [-0.05, 0) is 30.9 Å². The summed E-state index contributed by atoms with van der Waals surface area (Å²) in [6, 6.07) is 8.37. The largest absolute Gasteiger partial charge is 0.483 e. The Morgan fingerprint density at radius 3 is 3.05 bits per heavy atom. The number of hydrogen-bond donors (Lipinski definition) is 1. The van der Waals surface area contributed by atoms with E-state index < -0.39 is 0 Å². The van der Waals surface area contributed by atoms with Crippen LogP contribution in [0.1, 0.15) is 46.1 Å². The Hall–Kier alpha value is -1.39. The van der Waals surface area contributed by atoms with Gasteiger partial charge in [0, 0.05) is 17.3 Å². The molecule has 0 bridgehead atoms. The van der Waals surface area contributed by atoms with E-state index in [9.17, 15) is 0 Å². The Balaban J connectivity index is 1.65. The lowest BCUT2D eigenvalue weighted by Gasteiger charge is -2.15. The molecule has 1 aliphatic heterocycles. The lowest BCUT2D eigenvalue weighted by Crippen LogP contribution is -2.16. The monoisotopic (exact) mass is 272 g/mol. The number of nitrogens with two attached hydrogens (primary N) is 1. The summed E-state index contributed by atoms with van der Waals surface area (Å²) in [6.45, 7) is 0. The standard InChI is InChI=1S/C15H16N2OS/c16-10-5-3-7-13-14(10)17-15(19-13)12-8-9-4-1-2-6-11(9)18-12/h1-2,4,6,10,12H,3,5,7-8,16H2. The molecule has 0 saturated heterocycles. The smallest absolute Gasteiger partial charge is 0.154 e. The fraction of sp³-hybridized carbons (Fsp3) is 0.400. The SMILES string of the molecule is NC1CCCc2sc(C3Cc4ccccc4O3)nc21. The van der Waals surface area contributed by atoms with E-state index in [1.807, 2.05) is 12.1 Å². The molecule has 2 N–H and O–H groups in total. The minimum atomic E-state index is 0.0835. The topological polar surface area (TPSA) is 48.1 Å². The molecule has 0 saturated carbocycles. The van der Waals surface area contributed by atoms with Crippen LogP contribution in [0.2, 0.25) is 0 Å². The number of rotatable bonds is 1. The second-order valence-corrected chi connectivity index (χ2v) is 6.39. The van der Waals surface area contributed by atoms with Crippen molar-refractivity contribution in [2.75, 3.05) is 0 Å². The van der Waals surface area contributed by atoms with E-state index in [1.54, 1.807) is 11.3 Å². The van der Waals surface area contributed by atoms with Gasteiger partial charge in [0.15, 0.2) is 6.10 Å². The molecule has 2 aromatic rings. The molecule has 0 fully saturated rings. The Morgan fingerprint density at radius 1 is 1.32 bits per heavy atom. The highest BCUT2D eigenvalue weighted by molar-refractivity contribution is 7.11. The summed E-state index contributed by atoms with van der Waals surface area (Å²) in [4.78, 5) is 6.13. The fourth-order valence-electron chi connectivity index (χ4n) is 2.93. The minimum Gasteiger partial charge on any atom is -0.483 e. The third-order valence-electron chi connectivity index (χ3n) is 3.94. The first-order chi connectivity index (χ1) is 9.31. The molecular weight excluding hydrogens is 256 g/mol. The van der Waals surface area contributed by atoms with Crippen LogP contribution in [0, 0.1) is 0 Å². The van der Waals surface area contributed by atoms with Gasteiger partial charge >= 0.3 is 0 Å². The molecule has 2 atom stereocenters. The number of hydrogen-bond acceptors (Lipinski definition) is 4. The lowest BCUT2D eigenvalue weighted by molar-refractivity contribution is 0.237. The Morgan fingerprint density at radius 2 is 2.21 bits per heavy atom. The van der Waals surface area contributed by atoms with Gasteiger partial charge in [0.2, 0.25) is 0 Å². The summed E-state index contributed by atoms with van der Waals surface area (Å²) < 4.78 is 6.01. The van der Waals surface area contributed by atoms with Gasteiger partial charge in [0.1, 0.15) is 10.8 Å². The van der Waals surface area contributed by atoms with E-state index in [0.29, 0.717) is 0 Å². The van der Waals surface area contributed by atoms with Gasteiger partial charge in [-0.1, -0.05) is 18.2 Å². The maximum Gasteiger partial charge on any atom is 0.154 e. The van der Waals surface area contributed by atoms with E-state index in [0.717, 1.165) is 35.7 Å². The molecule has 4 heteroatoms. The third kappa shape index (κ3) is 1.86. The third-order valence-corrected chi connectivity index (χ3v) is 5.16. The van der Waals surface area contributed by atoms with Crippen molar-refractivity contribution in [2.24, 2.45) is 5.73 Å². The van der Waals surface area contributed by atoms with E-state index in [4.69, 9.17) is 15.5 Å². The van der Waals surface area contributed by atoms with Crippen LogP contribution in [-0.4, -0.2) is 4.98 Å². The normalized spacial score (nSPS) is 24.7. The molecule has 0 amide bonds. The second-order valence-electron chi connectivity index (χ2n) is 5.28. The zero-order valence-electron chi connectivity index (χ0n) is 10.6. The van der Waals surface area contributed by atoms with Gasteiger partial charge in [-0.3, -0.25) is 0 Å². The van der Waals surface area contributed by atoms with Crippen molar-refractivity contribution in [3.05, 3.63) is 45.4 Å². The number of aromatic nitrogens is 1. The second kappa shape index (κ2) is 4.32. The predicted molar refractivity (Wildman–Crippen MR) is 75.5 cm³/mol. The van der Waals surface area contributed by atoms with Gasteiger partial charge in [-0.15, -0.1) is 11.3 Å². The van der Waals surface area contributed by atoms with Crippen LogP contribution in [0.3, 0.4) is 0 Å². The first-order valence-corrected chi connectivity index (χ1v) is 7.62. The van der Waals surface area contributed by atoms with Gasteiger partial charge in [-0.2, -0.15) is 0 Å². The summed E-state index contributed by atoms with van der Waals surface area (Å²) in [5.74, 6) is 1.00. The molecule has 2 unspecified atom stereocenters. The van der Waals surface area contributed by atoms with Crippen LogP contribution in [0.15, 0.2) is 24.3 Å². The summed E-state index contributed by atoms with van der Waals surface area (Å²) >= 11 is 1.79. The maximum absolute atomic E-state index is 6.15. The molecule has 3 nitrogen and oxygen atoms in total. The molecule has 19 heavy (non-hydrogen) atoms. The number of fused-ring (bicyclic) bond motifs is 2. The molecule has 98 valence electrons. The van der Waals surface area contributed by atoms with E-state index in [2.05, 4.69) is 12.1 Å². The predicted octanol–water partition coefficient (Wildman–Crippen LogP) is 3.16. The molecule has 4 rings (SSSR count). The molecule has 0 radical (unpaired) electrons. The average Bonchev–Trinajstić information content (AvgIpc) is 3.02. The molecule has 1 aromatic heterocycles. The van der Waals surface area contributed by atoms with Crippen molar-refractivity contribution in [1.82, 2.24) is 4.98 Å². The summed E-state index contributed by atoms with van der Waals surface area (Å²) in [5, 5.41) is 1.10. The number of para-hydroxylation sites is 1. The molecule has 0 spiro atoms. The van der Waals surface area contributed by atoms with Crippen LogP contribution >= 0.6 is 11.3 Å². The highest BCUT2D eigenvalue weighted by Crippen LogP contribution is 2.40. The first kappa shape index (κ1) is 11.4. The van der Waals surface area contributed by atoms with Crippen LogP contribution in [-0.2, 0) is 12.8 Å². The minimum absolute atomic E-state index is 0.0835.